The highest BCUT2D eigenvalue weighted by Crippen LogP contribution is 2.34. The van der Waals surface area contributed by atoms with Crippen molar-refractivity contribution in [2.45, 2.75) is 38.5 Å². The van der Waals surface area contributed by atoms with Crippen LogP contribution >= 0.6 is 12.4 Å². The molecule has 3 unspecified atom stereocenters. The molecule has 0 radical (unpaired) electrons. The summed E-state index contributed by atoms with van der Waals surface area (Å²) in [5.41, 5.74) is 2.83. The van der Waals surface area contributed by atoms with E-state index in [1.807, 2.05) is 86.8 Å². The molecule has 0 aliphatic rings. The molecule has 0 saturated heterocycles. The standard InChI is InChI=1S/C20H21NO4.C18H23NO3.ClH/c1-22-17-6-5-13(10-18(17)23-2)9-16-15-12-20(25-4)19(24-3)11-14(15)7-8-21-16;1-13(12-22-17-6-4-3-5-7-17)19-14(2)18(21)15-8-10-16(20)11-9-15;/h5-8,10-12H,9H2,1-4H3;3-11,13-14,18-21H,12H2,1-2H3;1H. The van der Waals surface area contributed by atoms with Gasteiger partial charge in [-0.1, -0.05) is 36.4 Å². The summed E-state index contributed by atoms with van der Waals surface area (Å²) in [5, 5.41) is 25.0. The molecule has 256 valence electrons. The number of fused-ring (bicyclic) bond motifs is 1. The normalized spacial score (nSPS) is 12.4. The lowest BCUT2D eigenvalue weighted by atomic mass is 10.0. The number of aliphatic hydroxyl groups excluding tert-OH is 1. The van der Waals surface area contributed by atoms with Crippen molar-refractivity contribution in [3.05, 3.63) is 114 Å². The number of aromatic nitrogens is 1. The molecule has 1 aromatic heterocycles. The number of pyridine rings is 1. The minimum atomic E-state index is -0.639. The number of phenols is 1. The number of aromatic hydroxyl groups is 1. The summed E-state index contributed by atoms with van der Waals surface area (Å²) < 4.78 is 27.2. The van der Waals surface area contributed by atoms with Gasteiger partial charge in [0.15, 0.2) is 23.0 Å². The van der Waals surface area contributed by atoms with Gasteiger partial charge in [0.1, 0.15) is 18.1 Å². The second-order valence-electron chi connectivity index (χ2n) is 11.1. The molecular formula is C38H45ClN2O7. The topological polar surface area (TPSA) is 112 Å². The van der Waals surface area contributed by atoms with Gasteiger partial charge in [0.25, 0.3) is 0 Å². The van der Waals surface area contributed by atoms with E-state index < -0.39 is 6.10 Å². The summed E-state index contributed by atoms with van der Waals surface area (Å²) in [6, 6.07) is 28.0. The van der Waals surface area contributed by atoms with Gasteiger partial charge in [-0.05, 0) is 85.0 Å². The Balaban J connectivity index is 0.000000257. The molecule has 10 heteroatoms. The molecular weight excluding hydrogens is 632 g/mol. The first-order valence-electron chi connectivity index (χ1n) is 15.4. The van der Waals surface area contributed by atoms with E-state index >= 15 is 0 Å². The number of methoxy groups -OCH3 is 4. The average Bonchev–Trinajstić information content (AvgIpc) is 3.10. The van der Waals surface area contributed by atoms with E-state index in [1.54, 1.807) is 52.7 Å². The molecule has 0 spiro atoms. The Morgan fingerprint density at radius 3 is 2.00 bits per heavy atom. The largest absolute Gasteiger partial charge is 0.508 e. The Kier molecular flexibility index (Phi) is 14.6. The minimum Gasteiger partial charge on any atom is -0.508 e. The number of nitrogens with zero attached hydrogens (tertiary/aromatic N) is 1. The van der Waals surface area contributed by atoms with Crippen LogP contribution in [-0.2, 0) is 6.42 Å². The molecule has 0 aliphatic heterocycles. The average molecular weight is 677 g/mol. The fourth-order valence-electron chi connectivity index (χ4n) is 5.17. The van der Waals surface area contributed by atoms with Crippen molar-refractivity contribution in [1.82, 2.24) is 10.3 Å². The monoisotopic (exact) mass is 676 g/mol. The number of ether oxygens (including phenoxy) is 5. The molecule has 0 bridgehead atoms. The van der Waals surface area contributed by atoms with Gasteiger partial charge in [-0.15, -0.1) is 12.4 Å². The smallest absolute Gasteiger partial charge is 0.161 e. The Bertz CT molecular complexity index is 1700. The lowest BCUT2D eigenvalue weighted by Crippen LogP contribution is -2.41. The van der Waals surface area contributed by atoms with Crippen molar-refractivity contribution < 1.29 is 33.9 Å². The maximum absolute atomic E-state index is 10.3. The molecule has 48 heavy (non-hydrogen) atoms. The number of rotatable bonds is 13. The van der Waals surface area contributed by atoms with Crippen LogP contribution in [0, 0.1) is 0 Å². The zero-order chi connectivity index (χ0) is 33.8. The molecule has 3 N–H and O–H groups in total. The van der Waals surface area contributed by atoms with Crippen molar-refractivity contribution in [1.29, 1.82) is 0 Å². The van der Waals surface area contributed by atoms with Crippen molar-refractivity contribution in [3.63, 3.8) is 0 Å². The third-order valence-electron chi connectivity index (χ3n) is 7.67. The van der Waals surface area contributed by atoms with Gasteiger partial charge < -0.3 is 39.2 Å². The summed E-state index contributed by atoms with van der Waals surface area (Å²) in [6.45, 7) is 4.47. The van der Waals surface area contributed by atoms with Crippen LogP contribution in [0.2, 0.25) is 0 Å². The van der Waals surface area contributed by atoms with Crippen LogP contribution in [0.15, 0.2) is 97.2 Å². The third kappa shape index (κ3) is 10.1. The lowest BCUT2D eigenvalue weighted by Gasteiger charge is -2.25. The molecule has 3 atom stereocenters. The maximum atomic E-state index is 10.3. The fraction of sp³-hybridized carbons (Fsp3) is 0.289. The van der Waals surface area contributed by atoms with E-state index in [2.05, 4.69) is 10.3 Å². The molecule has 0 saturated carbocycles. The van der Waals surface area contributed by atoms with Crippen LogP contribution in [0.1, 0.15) is 36.8 Å². The predicted molar refractivity (Wildman–Crippen MR) is 192 cm³/mol. The number of hydrogen-bond donors (Lipinski definition) is 3. The lowest BCUT2D eigenvalue weighted by molar-refractivity contribution is 0.124. The van der Waals surface area contributed by atoms with Crippen molar-refractivity contribution in [3.8, 4) is 34.5 Å². The summed E-state index contributed by atoms with van der Waals surface area (Å²) in [7, 11) is 6.53. The molecule has 0 fully saturated rings. The second-order valence-corrected chi connectivity index (χ2v) is 11.1. The van der Waals surface area contributed by atoms with Crippen LogP contribution in [0.25, 0.3) is 10.8 Å². The highest BCUT2D eigenvalue weighted by Gasteiger charge is 2.18. The molecule has 0 aliphatic carbocycles. The second kappa shape index (κ2) is 18.6. The molecule has 5 aromatic rings. The van der Waals surface area contributed by atoms with Crippen LogP contribution in [0.5, 0.6) is 34.5 Å². The first-order valence-corrected chi connectivity index (χ1v) is 15.4. The van der Waals surface area contributed by atoms with Gasteiger partial charge in [0.05, 0.1) is 40.2 Å². The molecule has 1 heterocycles. The Labute approximate surface area is 288 Å². The van der Waals surface area contributed by atoms with E-state index in [-0.39, 0.29) is 30.2 Å². The predicted octanol–water partition coefficient (Wildman–Crippen LogP) is 7.15. The molecule has 0 amide bonds. The first kappa shape index (κ1) is 37.8. The number of phenolic OH excluding ortho intramolecular Hbond substituents is 1. The minimum absolute atomic E-state index is 0. The van der Waals surface area contributed by atoms with Crippen LogP contribution < -0.4 is 29.0 Å². The zero-order valence-corrected chi connectivity index (χ0v) is 29.0. The van der Waals surface area contributed by atoms with Crippen molar-refractivity contribution >= 4 is 23.2 Å². The molecule has 9 nitrogen and oxygen atoms in total. The number of aliphatic hydroxyl groups is 1. The van der Waals surface area contributed by atoms with Crippen molar-refractivity contribution in [2.24, 2.45) is 0 Å². The summed E-state index contributed by atoms with van der Waals surface area (Å²) in [4.78, 5) is 4.56. The third-order valence-corrected chi connectivity index (χ3v) is 7.67. The number of hydrogen-bond acceptors (Lipinski definition) is 9. The van der Waals surface area contributed by atoms with E-state index in [1.165, 1.54) is 0 Å². The Morgan fingerprint density at radius 1 is 0.729 bits per heavy atom. The SMILES string of the molecule is CC(COc1ccccc1)NC(C)C(O)c1ccc(O)cc1.COc1ccc(Cc2nccc3cc(OC)c(OC)cc23)cc1OC.Cl. The first-order chi connectivity index (χ1) is 22.8. The Morgan fingerprint density at radius 2 is 1.35 bits per heavy atom. The highest BCUT2D eigenvalue weighted by molar-refractivity contribution is 5.88. The molecule has 5 rings (SSSR count). The van der Waals surface area contributed by atoms with Crippen LogP contribution in [-0.4, -0.2) is 62.3 Å². The quantitative estimate of drug-likeness (QED) is 0.120. The number of halogens is 1. The van der Waals surface area contributed by atoms with Gasteiger partial charge >= 0.3 is 0 Å². The highest BCUT2D eigenvalue weighted by atomic mass is 35.5. The number of para-hydroxylation sites is 1. The zero-order valence-electron chi connectivity index (χ0n) is 28.2. The maximum Gasteiger partial charge on any atom is 0.161 e. The summed E-state index contributed by atoms with van der Waals surface area (Å²) >= 11 is 0. The van der Waals surface area contributed by atoms with E-state index in [4.69, 9.17) is 23.7 Å². The number of benzene rings is 4. The van der Waals surface area contributed by atoms with Gasteiger partial charge in [-0.2, -0.15) is 0 Å². The van der Waals surface area contributed by atoms with E-state index in [9.17, 15) is 10.2 Å². The van der Waals surface area contributed by atoms with Gasteiger partial charge in [-0.3, -0.25) is 4.98 Å². The summed E-state index contributed by atoms with van der Waals surface area (Å²) in [5.74, 6) is 3.85. The van der Waals surface area contributed by atoms with E-state index in [0.717, 1.165) is 33.3 Å². The number of nitrogens with one attached hydrogen (secondary N) is 1. The molecule has 4 aromatic carbocycles. The van der Waals surface area contributed by atoms with Gasteiger partial charge in [0, 0.05) is 30.1 Å². The summed E-state index contributed by atoms with van der Waals surface area (Å²) in [6.07, 6.45) is 1.84. The fourth-order valence-corrected chi connectivity index (χ4v) is 5.17. The van der Waals surface area contributed by atoms with Crippen LogP contribution in [0.4, 0.5) is 0 Å². The van der Waals surface area contributed by atoms with Crippen LogP contribution in [0.3, 0.4) is 0 Å². The van der Waals surface area contributed by atoms with Crippen molar-refractivity contribution in [2.75, 3.05) is 35.0 Å². The van der Waals surface area contributed by atoms with Gasteiger partial charge in [-0.25, -0.2) is 0 Å². The van der Waals surface area contributed by atoms with E-state index in [0.29, 0.717) is 36.0 Å². The van der Waals surface area contributed by atoms with Gasteiger partial charge in [0.2, 0.25) is 0 Å². The Hall–Kier alpha value is -4.70.